The largest absolute Gasteiger partial charge is 0.497 e. The second-order valence-corrected chi connectivity index (χ2v) is 5.56. The Bertz CT molecular complexity index is 731. The zero-order valence-electron chi connectivity index (χ0n) is 13.8. The molecule has 1 aromatic heterocycles. The zero-order chi connectivity index (χ0) is 16.9. The molecule has 1 fully saturated rings. The highest BCUT2D eigenvalue weighted by Gasteiger charge is 2.18. The summed E-state index contributed by atoms with van der Waals surface area (Å²) in [4.78, 5) is 21.0. The third-order valence-electron chi connectivity index (χ3n) is 3.94. The molecule has 3 rings (SSSR count). The quantitative estimate of drug-likeness (QED) is 0.786. The van der Waals surface area contributed by atoms with Crippen molar-refractivity contribution in [3.8, 4) is 11.6 Å². The van der Waals surface area contributed by atoms with Gasteiger partial charge in [0, 0.05) is 12.1 Å². The van der Waals surface area contributed by atoms with Crippen LogP contribution in [0.2, 0.25) is 0 Å². The Balaban J connectivity index is 1.79. The molecule has 1 aliphatic heterocycles. The fourth-order valence-corrected chi connectivity index (χ4v) is 2.66. The predicted octanol–water partition coefficient (Wildman–Crippen LogP) is 1.52. The zero-order valence-corrected chi connectivity index (χ0v) is 13.8. The molecule has 0 radical (unpaired) electrons. The summed E-state index contributed by atoms with van der Waals surface area (Å²) < 4.78 is 10.4. The lowest BCUT2D eigenvalue weighted by atomic mass is 10.1. The lowest BCUT2D eigenvalue weighted by Crippen LogP contribution is -2.44. The highest BCUT2D eigenvalue weighted by Crippen LogP contribution is 2.25. The van der Waals surface area contributed by atoms with Gasteiger partial charge in [0.05, 0.1) is 25.3 Å². The summed E-state index contributed by atoms with van der Waals surface area (Å²) in [5, 5.41) is 8.94. The Morgan fingerprint density at radius 2 is 1.96 bits per heavy atom. The smallest absolute Gasteiger partial charge is 0.320 e. The van der Waals surface area contributed by atoms with E-state index in [1.807, 2.05) is 0 Å². The van der Waals surface area contributed by atoms with Crippen molar-refractivity contribution < 1.29 is 14.3 Å². The topological polar surface area (TPSA) is 97.4 Å². The molecule has 0 aliphatic carbocycles. The summed E-state index contributed by atoms with van der Waals surface area (Å²) in [6.07, 6.45) is 1.82. The van der Waals surface area contributed by atoms with E-state index in [1.54, 1.807) is 25.3 Å². The number of amides is 2. The fraction of sp³-hybridized carbons (Fsp3) is 0.438. The van der Waals surface area contributed by atoms with Crippen LogP contribution >= 0.6 is 0 Å². The summed E-state index contributed by atoms with van der Waals surface area (Å²) in [5.74, 6) is 1.23. The molecule has 2 heterocycles. The highest BCUT2D eigenvalue weighted by molar-refractivity contribution is 5.91. The SMILES string of the molecule is COc1ccc2nc(OC)c(NC(=O)NC3CCNCC3)nc2c1. The van der Waals surface area contributed by atoms with Crippen LogP contribution in [0.4, 0.5) is 10.6 Å². The molecule has 3 N–H and O–H groups in total. The van der Waals surface area contributed by atoms with E-state index in [4.69, 9.17) is 9.47 Å². The molecule has 0 spiro atoms. The molecule has 0 bridgehead atoms. The number of methoxy groups -OCH3 is 2. The fourth-order valence-electron chi connectivity index (χ4n) is 2.66. The standard InChI is InChI=1S/C16H21N5O3/c1-23-11-3-4-12-13(9-11)19-14(15(20-12)24-2)21-16(22)18-10-5-7-17-8-6-10/h3-4,9-10,17H,5-8H2,1-2H3,(H2,18,19,21,22). The maximum Gasteiger partial charge on any atom is 0.320 e. The van der Waals surface area contributed by atoms with Crippen molar-refractivity contribution in [1.29, 1.82) is 0 Å². The maximum atomic E-state index is 12.2. The monoisotopic (exact) mass is 331 g/mol. The number of hydrogen-bond donors (Lipinski definition) is 3. The Morgan fingerprint density at radius 1 is 1.17 bits per heavy atom. The number of aromatic nitrogens is 2. The van der Waals surface area contributed by atoms with E-state index in [0.717, 1.165) is 25.9 Å². The third-order valence-corrected chi connectivity index (χ3v) is 3.94. The summed E-state index contributed by atoms with van der Waals surface area (Å²) in [6, 6.07) is 5.20. The number of nitrogens with one attached hydrogen (secondary N) is 3. The molecule has 8 heteroatoms. The van der Waals surface area contributed by atoms with Crippen molar-refractivity contribution in [3.05, 3.63) is 18.2 Å². The number of urea groups is 1. The van der Waals surface area contributed by atoms with Crippen LogP contribution in [0.15, 0.2) is 18.2 Å². The molecule has 128 valence electrons. The average Bonchev–Trinajstić information content (AvgIpc) is 2.61. The number of fused-ring (bicyclic) bond motifs is 1. The first kappa shape index (κ1) is 16.3. The van der Waals surface area contributed by atoms with E-state index < -0.39 is 0 Å². The lowest BCUT2D eigenvalue weighted by molar-refractivity contribution is 0.245. The van der Waals surface area contributed by atoms with Gasteiger partial charge in [-0.1, -0.05) is 0 Å². The number of rotatable bonds is 4. The first-order valence-electron chi connectivity index (χ1n) is 7.87. The molecule has 2 amide bonds. The van der Waals surface area contributed by atoms with Crippen LogP contribution in [0.5, 0.6) is 11.6 Å². The van der Waals surface area contributed by atoms with Gasteiger partial charge in [0.15, 0.2) is 5.82 Å². The van der Waals surface area contributed by atoms with Crippen LogP contribution in [-0.4, -0.2) is 49.4 Å². The van der Waals surface area contributed by atoms with E-state index in [1.165, 1.54) is 7.11 Å². The number of hydrogen-bond acceptors (Lipinski definition) is 6. The van der Waals surface area contributed by atoms with E-state index in [-0.39, 0.29) is 23.8 Å². The van der Waals surface area contributed by atoms with Gasteiger partial charge in [0.25, 0.3) is 5.88 Å². The Labute approximate surface area is 140 Å². The van der Waals surface area contributed by atoms with Gasteiger partial charge in [-0.15, -0.1) is 0 Å². The van der Waals surface area contributed by atoms with Gasteiger partial charge in [-0.2, -0.15) is 0 Å². The van der Waals surface area contributed by atoms with Crippen molar-refractivity contribution >= 4 is 22.9 Å². The van der Waals surface area contributed by atoms with E-state index in [2.05, 4.69) is 25.9 Å². The van der Waals surface area contributed by atoms with Crippen LogP contribution in [0.1, 0.15) is 12.8 Å². The Hall–Kier alpha value is -2.61. The number of piperidine rings is 1. The van der Waals surface area contributed by atoms with E-state index >= 15 is 0 Å². The number of anilines is 1. The number of carbonyl (C=O) groups is 1. The van der Waals surface area contributed by atoms with Crippen molar-refractivity contribution in [2.75, 3.05) is 32.6 Å². The Kier molecular flexibility index (Phi) is 4.95. The normalized spacial score (nSPS) is 15.1. The van der Waals surface area contributed by atoms with Gasteiger partial charge < -0.3 is 20.1 Å². The highest BCUT2D eigenvalue weighted by atomic mass is 16.5. The predicted molar refractivity (Wildman–Crippen MR) is 90.7 cm³/mol. The molecular formula is C16H21N5O3. The molecule has 1 saturated heterocycles. The summed E-state index contributed by atoms with van der Waals surface area (Å²) in [7, 11) is 3.08. The van der Waals surface area contributed by atoms with Crippen molar-refractivity contribution in [1.82, 2.24) is 20.6 Å². The summed E-state index contributed by atoms with van der Waals surface area (Å²) in [5.41, 5.74) is 1.28. The average molecular weight is 331 g/mol. The molecule has 1 aliphatic rings. The van der Waals surface area contributed by atoms with E-state index in [0.29, 0.717) is 16.8 Å². The number of carbonyl (C=O) groups excluding carboxylic acids is 1. The minimum absolute atomic E-state index is 0.158. The molecule has 24 heavy (non-hydrogen) atoms. The molecule has 2 aromatic rings. The van der Waals surface area contributed by atoms with Gasteiger partial charge in [0.2, 0.25) is 0 Å². The molecule has 0 unspecified atom stereocenters. The van der Waals surface area contributed by atoms with Gasteiger partial charge in [-0.05, 0) is 38.1 Å². The summed E-state index contributed by atoms with van der Waals surface area (Å²) >= 11 is 0. The van der Waals surface area contributed by atoms with Crippen LogP contribution in [0.3, 0.4) is 0 Å². The summed E-state index contributed by atoms with van der Waals surface area (Å²) in [6.45, 7) is 1.81. The molecule has 1 aromatic carbocycles. The van der Waals surface area contributed by atoms with E-state index in [9.17, 15) is 4.79 Å². The van der Waals surface area contributed by atoms with Crippen LogP contribution in [0, 0.1) is 0 Å². The first-order valence-corrected chi connectivity index (χ1v) is 7.87. The molecule has 0 atom stereocenters. The van der Waals surface area contributed by atoms with Gasteiger partial charge in [0.1, 0.15) is 5.75 Å². The number of benzene rings is 1. The Morgan fingerprint density at radius 3 is 2.67 bits per heavy atom. The molecule has 8 nitrogen and oxygen atoms in total. The second kappa shape index (κ2) is 7.31. The van der Waals surface area contributed by atoms with Crippen molar-refractivity contribution in [3.63, 3.8) is 0 Å². The van der Waals surface area contributed by atoms with Crippen LogP contribution in [0.25, 0.3) is 11.0 Å². The minimum Gasteiger partial charge on any atom is -0.497 e. The van der Waals surface area contributed by atoms with Gasteiger partial charge >= 0.3 is 6.03 Å². The molecular weight excluding hydrogens is 310 g/mol. The lowest BCUT2D eigenvalue weighted by Gasteiger charge is -2.23. The van der Waals surface area contributed by atoms with Crippen molar-refractivity contribution in [2.24, 2.45) is 0 Å². The number of nitrogens with zero attached hydrogens (tertiary/aromatic N) is 2. The van der Waals surface area contributed by atoms with Gasteiger partial charge in [-0.25, -0.2) is 14.8 Å². The minimum atomic E-state index is -0.309. The van der Waals surface area contributed by atoms with Crippen LogP contribution in [-0.2, 0) is 0 Å². The number of ether oxygens (including phenoxy) is 2. The maximum absolute atomic E-state index is 12.2. The third kappa shape index (κ3) is 3.65. The second-order valence-electron chi connectivity index (χ2n) is 5.56. The molecule has 0 saturated carbocycles. The van der Waals surface area contributed by atoms with Crippen molar-refractivity contribution in [2.45, 2.75) is 18.9 Å². The van der Waals surface area contributed by atoms with Crippen LogP contribution < -0.4 is 25.4 Å². The van der Waals surface area contributed by atoms with Gasteiger partial charge in [-0.3, -0.25) is 5.32 Å². The first-order chi connectivity index (χ1) is 11.7.